The first kappa shape index (κ1) is 12.9. The Kier molecular flexibility index (Phi) is 3.74. The molecule has 1 fully saturated rings. The van der Waals surface area contributed by atoms with Gasteiger partial charge in [0.15, 0.2) is 0 Å². The summed E-state index contributed by atoms with van der Waals surface area (Å²) >= 11 is 18.3. The van der Waals surface area contributed by atoms with Gasteiger partial charge in [0.2, 0.25) is 10.0 Å². The first-order chi connectivity index (χ1) is 7.38. The van der Waals surface area contributed by atoms with Crippen LogP contribution in [0.15, 0.2) is 11.0 Å². The Bertz CT molecular complexity index is 493. The molecule has 0 saturated heterocycles. The van der Waals surface area contributed by atoms with Crippen LogP contribution in [0.2, 0.25) is 8.67 Å². The van der Waals surface area contributed by atoms with Gasteiger partial charge >= 0.3 is 0 Å². The molecule has 1 N–H and O–H groups in total. The van der Waals surface area contributed by atoms with Crippen LogP contribution in [-0.4, -0.2) is 19.8 Å². The molecular weight excluding hydrogens is 313 g/mol. The zero-order valence-electron chi connectivity index (χ0n) is 7.91. The number of hydrogen-bond donors (Lipinski definition) is 1. The van der Waals surface area contributed by atoms with Crippen LogP contribution in [0.3, 0.4) is 0 Å². The maximum atomic E-state index is 11.9. The summed E-state index contributed by atoms with van der Waals surface area (Å²) in [6.07, 6.45) is 1.30. The highest BCUT2D eigenvalue weighted by atomic mass is 35.5. The number of thiophene rings is 1. The summed E-state index contributed by atoms with van der Waals surface area (Å²) in [5, 5.41) is 0.0641. The Balaban J connectivity index is 2.16. The topological polar surface area (TPSA) is 46.2 Å². The predicted molar refractivity (Wildman–Crippen MR) is 67.3 cm³/mol. The van der Waals surface area contributed by atoms with Gasteiger partial charge in [-0.2, -0.15) is 0 Å². The molecule has 16 heavy (non-hydrogen) atoms. The highest BCUT2D eigenvalue weighted by molar-refractivity contribution is 7.89. The van der Waals surface area contributed by atoms with Crippen molar-refractivity contribution < 1.29 is 8.42 Å². The summed E-state index contributed by atoms with van der Waals surface area (Å²) in [4.78, 5) is 0.0437. The molecule has 90 valence electrons. The summed E-state index contributed by atoms with van der Waals surface area (Å²) in [6.45, 7) is 0. The lowest BCUT2D eigenvalue weighted by atomic mass is 9.94. The second kappa shape index (κ2) is 4.63. The van der Waals surface area contributed by atoms with E-state index in [0.717, 1.165) is 11.3 Å². The smallest absolute Gasteiger partial charge is 0.208 e. The molecule has 1 saturated carbocycles. The molecule has 0 unspecified atom stereocenters. The van der Waals surface area contributed by atoms with E-state index >= 15 is 0 Å². The van der Waals surface area contributed by atoms with E-state index in [4.69, 9.17) is 34.8 Å². The molecule has 8 heteroatoms. The Morgan fingerprint density at radius 1 is 1.38 bits per heavy atom. The van der Waals surface area contributed by atoms with Gasteiger partial charge in [-0.3, -0.25) is 0 Å². The van der Waals surface area contributed by atoms with Crippen molar-refractivity contribution in [1.29, 1.82) is 0 Å². The summed E-state index contributed by atoms with van der Waals surface area (Å²) in [5.41, 5.74) is 0. The van der Waals surface area contributed by atoms with E-state index < -0.39 is 10.0 Å². The summed E-state index contributed by atoms with van der Waals surface area (Å²) < 4.78 is 26.9. The molecule has 1 aromatic heterocycles. The van der Waals surface area contributed by atoms with Gasteiger partial charge in [0.25, 0.3) is 0 Å². The molecule has 1 aromatic rings. The average Bonchev–Trinajstić information content (AvgIpc) is 2.43. The molecule has 0 spiro atoms. The van der Waals surface area contributed by atoms with Gasteiger partial charge in [-0.15, -0.1) is 22.9 Å². The van der Waals surface area contributed by atoms with E-state index in [9.17, 15) is 8.42 Å². The van der Waals surface area contributed by atoms with Gasteiger partial charge in [-0.05, 0) is 18.9 Å². The minimum atomic E-state index is -3.57. The molecule has 0 radical (unpaired) electrons. The van der Waals surface area contributed by atoms with E-state index in [1.165, 1.54) is 6.07 Å². The normalized spacial score (nSPS) is 25.4. The molecule has 1 heterocycles. The monoisotopic (exact) mass is 319 g/mol. The van der Waals surface area contributed by atoms with Gasteiger partial charge in [-0.25, -0.2) is 13.1 Å². The second-order valence-corrected chi connectivity index (χ2v) is 8.16. The lowest BCUT2D eigenvalue weighted by molar-refractivity contribution is 0.391. The number of sulfonamides is 1. The number of rotatable bonds is 3. The van der Waals surface area contributed by atoms with E-state index in [2.05, 4.69) is 4.72 Å². The zero-order chi connectivity index (χ0) is 11.9. The van der Waals surface area contributed by atoms with Crippen molar-refractivity contribution in [3.05, 3.63) is 14.7 Å². The fourth-order valence-electron chi connectivity index (χ4n) is 1.44. The van der Waals surface area contributed by atoms with Gasteiger partial charge in [0.05, 0.1) is 4.34 Å². The van der Waals surface area contributed by atoms with Gasteiger partial charge in [-0.1, -0.05) is 23.2 Å². The molecule has 0 bridgehead atoms. The van der Waals surface area contributed by atoms with Crippen molar-refractivity contribution in [2.24, 2.45) is 0 Å². The lowest BCUT2D eigenvalue weighted by Crippen LogP contribution is -2.44. The van der Waals surface area contributed by atoms with Crippen LogP contribution in [0.25, 0.3) is 0 Å². The van der Waals surface area contributed by atoms with Gasteiger partial charge in [0, 0.05) is 11.4 Å². The predicted octanol–water partition coefficient (Wildman–Crippen LogP) is 3.10. The Hall–Kier alpha value is 0.480. The number of nitrogens with one attached hydrogen (secondary N) is 1. The van der Waals surface area contributed by atoms with Crippen LogP contribution in [-0.2, 0) is 10.0 Å². The molecule has 0 atom stereocenters. The first-order valence-corrected chi connectivity index (χ1v) is 7.99. The van der Waals surface area contributed by atoms with E-state index in [1.54, 1.807) is 0 Å². The van der Waals surface area contributed by atoms with Crippen LogP contribution in [0.4, 0.5) is 0 Å². The van der Waals surface area contributed by atoms with Crippen molar-refractivity contribution in [3.63, 3.8) is 0 Å². The van der Waals surface area contributed by atoms with Crippen LogP contribution in [0.5, 0.6) is 0 Å². The first-order valence-electron chi connectivity index (χ1n) is 4.50. The zero-order valence-corrected chi connectivity index (χ0v) is 11.8. The second-order valence-electron chi connectivity index (χ2n) is 3.58. The van der Waals surface area contributed by atoms with Crippen molar-refractivity contribution in [2.45, 2.75) is 29.2 Å². The maximum absolute atomic E-state index is 11.9. The van der Waals surface area contributed by atoms with Crippen LogP contribution >= 0.6 is 46.1 Å². The standard InChI is InChI=1S/C8H8Cl3NO2S2/c9-4-1-5(2-4)12-16(13,14)6-3-7(10)15-8(6)11/h3-5,12H,1-2H2. The number of halogens is 3. The summed E-state index contributed by atoms with van der Waals surface area (Å²) in [5.74, 6) is 0. The van der Waals surface area contributed by atoms with Crippen molar-refractivity contribution in [2.75, 3.05) is 0 Å². The highest BCUT2D eigenvalue weighted by Gasteiger charge is 2.32. The molecule has 0 aromatic carbocycles. The SMILES string of the molecule is O=S(=O)(NC1CC(Cl)C1)c1cc(Cl)sc1Cl. The van der Waals surface area contributed by atoms with Gasteiger partial charge < -0.3 is 0 Å². The number of hydrogen-bond acceptors (Lipinski definition) is 3. The molecule has 2 rings (SSSR count). The number of alkyl halides is 1. The van der Waals surface area contributed by atoms with Crippen LogP contribution in [0, 0.1) is 0 Å². The molecular formula is C8H8Cl3NO2S2. The molecule has 0 aliphatic heterocycles. The summed E-state index contributed by atoms with van der Waals surface area (Å²) in [6, 6.07) is 1.26. The highest BCUT2D eigenvalue weighted by Crippen LogP contribution is 2.35. The van der Waals surface area contributed by atoms with Gasteiger partial charge in [0.1, 0.15) is 9.23 Å². The lowest BCUT2D eigenvalue weighted by Gasteiger charge is -2.31. The average molecular weight is 321 g/mol. The van der Waals surface area contributed by atoms with Crippen molar-refractivity contribution in [3.8, 4) is 0 Å². The third-order valence-electron chi connectivity index (χ3n) is 2.32. The van der Waals surface area contributed by atoms with E-state index in [1.807, 2.05) is 0 Å². The molecule has 3 nitrogen and oxygen atoms in total. The van der Waals surface area contributed by atoms with E-state index in [-0.39, 0.29) is 20.7 Å². The molecule has 1 aliphatic carbocycles. The third kappa shape index (κ3) is 2.66. The molecule has 1 aliphatic rings. The Morgan fingerprint density at radius 2 is 2.00 bits per heavy atom. The van der Waals surface area contributed by atoms with Crippen LogP contribution in [0.1, 0.15) is 12.8 Å². The van der Waals surface area contributed by atoms with E-state index in [0.29, 0.717) is 17.2 Å². The van der Waals surface area contributed by atoms with Crippen molar-refractivity contribution >= 4 is 56.2 Å². The third-order valence-corrected chi connectivity index (χ3v) is 5.95. The fraction of sp³-hybridized carbons (Fsp3) is 0.500. The van der Waals surface area contributed by atoms with Crippen molar-refractivity contribution in [1.82, 2.24) is 4.72 Å². The Morgan fingerprint density at radius 3 is 2.44 bits per heavy atom. The quantitative estimate of drug-likeness (QED) is 0.870. The maximum Gasteiger partial charge on any atom is 0.243 e. The summed E-state index contributed by atoms with van der Waals surface area (Å²) in [7, 11) is -3.57. The minimum Gasteiger partial charge on any atom is -0.208 e. The largest absolute Gasteiger partial charge is 0.243 e. The fourth-order valence-corrected chi connectivity index (χ4v) is 5.28. The minimum absolute atomic E-state index is 0.0437. The van der Waals surface area contributed by atoms with Crippen LogP contribution < -0.4 is 4.72 Å². The Labute approximate surface area is 113 Å². The molecule has 0 amide bonds.